The van der Waals surface area contributed by atoms with Crippen LogP contribution in [0.5, 0.6) is 0 Å². The summed E-state index contributed by atoms with van der Waals surface area (Å²) in [4.78, 5) is 14.9. The monoisotopic (exact) mass is 301 g/mol. The highest BCUT2D eigenvalue weighted by molar-refractivity contribution is 5.81. The quantitative estimate of drug-likeness (QED) is 0.875. The number of amides is 1. The first-order chi connectivity index (χ1) is 10.8. The van der Waals surface area contributed by atoms with Crippen molar-refractivity contribution in [2.45, 2.75) is 44.2 Å². The molecule has 1 unspecified atom stereocenters. The molecule has 0 bridgehead atoms. The van der Waals surface area contributed by atoms with Crippen molar-refractivity contribution in [2.24, 2.45) is 0 Å². The van der Waals surface area contributed by atoms with Gasteiger partial charge in [0, 0.05) is 6.54 Å². The minimum atomic E-state index is 0.00347. The van der Waals surface area contributed by atoms with Crippen LogP contribution in [-0.4, -0.2) is 43.0 Å². The number of benzene rings is 1. The molecule has 4 heteroatoms. The van der Waals surface area contributed by atoms with Crippen molar-refractivity contribution in [3.63, 3.8) is 0 Å². The molecule has 3 rings (SSSR count). The fraction of sp³-hybridized carbons (Fsp3) is 0.611. The molecule has 4 nitrogen and oxygen atoms in total. The van der Waals surface area contributed by atoms with Gasteiger partial charge in [0.25, 0.3) is 0 Å². The van der Waals surface area contributed by atoms with E-state index in [4.69, 9.17) is 0 Å². The predicted molar refractivity (Wildman–Crippen MR) is 88.6 cm³/mol. The van der Waals surface area contributed by atoms with Gasteiger partial charge in [-0.3, -0.25) is 9.69 Å². The molecular formula is C18H27N3O. The normalized spacial score (nSPS) is 24.1. The molecule has 2 aliphatic rings. The number of likely N-dealkylation sites (tertiary alicyclic amines) is 1. The molecule has 120 valence electrons. The molecule has 2 heterocycles. The summed E-state index contributed by atoms with van der Waals surface area (Å²) in [6, 6.07) is 10.9. The Labute approximate surface area is 133 Å². The fourth-order valence-corrected chi connectivity index (χ4v) is 3.58. The van der Waals surface area contributed by atoms with Gasteiger partial charge in [-0.25, -0.2) is 0 Å². The lowest BCUT2D eigenvalue weighted by molar-refractivity contribution is -0.123. The van der Waals surface area contributed by atoms with Gasteiger partial charge in [-0.2, -0.15) is 0 Å². The Bertz CT molecular complexity index is 464. The Hall–Kier alpha value is -1.39. The molecule has 0 saturated carbocycles. The smallest absolute Gasteiger partial charge is 0.237 e. The summed E-state index contributed by atoms with van der Waals surface area (Å²) in [5.41, 5.74) is 1.31. The first kappa shape index (κ1) is 15.5. The van der Waals surface area contributed by atoms with Crippen LogP contribution in [0.15, 0.2) is 30.3 Å². The number of hydrogen-bond donors (Lipinski definition) is 2. The fourth-order valence-electron chi connectivity index (χ4n) is 3.58. The molecular weight excluding hydrogens is 274 g/mol. The first-order valence-electron chi connectivity index (χ1n) is 8.65. The topological polar surface area (TPSA) is 44.4 Å². The van der Waals surface area contributed by atoms with E-state index in [1.165, 1.54) is 24.8 Å². The molecule has 0 aliphatic carbocycles. The molecule has 0 radical (unpaired) electrons. The second kappa shape index (κ2) is 7.75. The van der Waals surface area contributed by atoms with E-state index < -0.39 is 0 Å². The number of hydrogen-bond acceptors (Lipinski definition) is 3. The van der Waals surface area contributed by atoms with Gasteiger partial charge >= 0.3 is 0 Å². The van der Waals surface area contributed by atoms with Crippen LogP contribution in [0.3, 0.4) is 0 Å². The highest BCUT2D eigenvalue weighted by Crippen LogP contribution is 2.24. The Balaban J connectivity index is 1.61. The van der Waals surface area contributed by atoms with Crippen LogP contribution >= 0.6 is 0 Å². The van der Waals surface area contributed by atoms with Gasteiger partial charge < -0.3 is 10.6 Å². The van der Waals surface area contributed by atoms with Crippen molar-refractivity contribution in [1.82, 2.24) is 15.5 Å². The summed E-state index contributed by atoms with van der Waals surface area (Å²) in [5.74, 6) is 0.167. The van der Waals surface area contributed by atoms with Crippen molar-refractivity contribution < 1.29 is 4.79 Å². The van der Waals surface area contributed by atoms with Gasteiger partial charge in [0.15, 0.2) is 0 Å². The Morgan fingerprint density at radius 3 is 2.64 bits per heavy atom. The third kappa shape index (κ3) is 3.87. The van der Waals surface area contributed by atoms with E-state index in [1.54, 1.807) is 0 Å². The van der Waals surface area contributed by atoms with Crippen LogP contribution in [0, 0.1) is 0 Å². The van der Waals surface area contributed by atoms with Crippen molar-refractivity contribution in [1.29, 1.82) is 0 Å². The zero-order chi connectivity index (χ0) is 15.2. The van der Waals surface area contributed by atoms with Crippen LogP contribution in [0.4, 0.5) is 0 Å². The maximum atomic E-state index is 12.4. The number of rotatable bonds is 5. The van der Waals surface area contributed by atoms with E-state index in [1.807, 2.05) is 0 Å². The summed E-state index contributed by atoms with van der Waals surface area (Å²) >= 11 is 0. The van der Waals surface area contributed by atoms with Crippen molar-refractivity contribution in [3.8, 4) is 0 Å². The lowest BCUT2D eigenvalue weighted by Crippen LogP contribution is -2.48. The minimum Gasteiger partial charge on any atom is -0.353 e. The van der Waals surface area contributed by atoms with Gasteiger partial charge in [0.2, 0.25) is 5.91 Å². The molecule has 0 aromatic heterocycles. The summed E-state index contributed by atoms with van der Waals surface area (Å²) in [6.45, 7) is 3.95. The average Bonchev–Trinajstić information content (AvgIpc) is 3.11. The van der Waals surface area contributed by atoms with Crippen LogP contribution in [0.2, 0.25) is 0 Å². The zero-order valence-electron chi connectivity index (χ0n) is 13.3. The lowest BCUT2D eigenvalue weighted by atomic mass is 10.0. The third-order valence-corrected chi connectivity index (χ3v) is 4.86. The molecule has 22 heavy (non-hydrogen) atoms. The van der Waals surface area contributed by atoms with Gasteiger partial charge in [-0.1, -0.05) is 36.8 Å². The molecule has 2 atom stereocenters. The summed E-state index contributed by atoms with van der Waals surface area (Å²) in [5, 5.41) is 6.51. The van der Waals surface area contributed by atoms with E-state index in [0.29, 0.717) is 12.6 Å². The number of carbonyl (C=O) groups is 1. The van der Waals surface area contributed by atoms with Crippen molar-refractivity contribution in [3.05, 3.63) is 35.9 Å². The third-order valence-electron chi connectivity index (χ3n) is 4.86. The van der Waals surface area contributed by atoms with E-state index in [2.05, 4.69) is 45.9 Å². The molecule has 2 saturated heterocycles. The highest BCUT2D eigenvalue weighted by Gasteiger charge is 2.26. The standard InChI is InChI=1S/C18H27N3O/c22-18(16-10-4-5-11-19-16)20-14-17(21-12-6-7-13-21)15-8-2-1-3-9-15/h1-3,8-9,16-17,19H,4-7,10-14H2,(H,20,22)/t16-,17?/m0/s1. The Morgan fingerprint density at radius 2 is 1.95 bits per heavy atom. The molecule has 1 aromatic rings. The van der Waals surface area contributed by atoms with Crippen LogP contribution in [0.1, 0.15) is 43.7 Å². The summed E-state index contributed by atoms with van der Waals surface area (Å²) < 4.78 is 0. The number of nitrogens with zero attached hydrogens (tertiary/aromatic N) is 1. The van der Waals surface area contributed by atoms with E-state index >= 15 is 0 Å². The summed E-state index contributed by atoms with van der Waals surface area (Å²) in [6.07, 6.45) is 5.83. The number of nitrogens with one attached hydrogen (secondary N) is 2. The van der Waals surface area contributed by atoms with Crippen LogP contribution in [0.25, 0.3) is 0 Å². The van der Waals surface area contributed by atoms with Gasteiger partial charge in [0.05, 0.1) is 12.1 Å². The van der Waals surface area contributed by atoms with Crippen LogP contribution < -0.4 is 10.6 Å². The number of carbonyl (C=O) groups excluding carboxylic acids is 1. The van der Waals surface area contributed by atoms with E-state index in [9.17, 15) is 4.79 Å². The molecule has 1 aromatic carbocycles. The molecule has 0 spiro atoms. The molecule has 2 N–H and O–H groups in total. The second-order valence-electron chi connectivity index (χ2n) is 6.42. The van der Waals surface area contributed by atoms with Crippen molar-refractivity contribution in [2.75, 3.05) is 26.2 Å². The number of piperidine rings is 1. The maximum Gasteiger partial charge on any atom is 0.237 e. The van der Waals surface area contributed by atoms with Gasteiger partial charge in [-0.15, -0.1) is 0 Å². The first-order valence-corrected chi connectivity index (χ1v) is 8.65. The predicted octanol–water partition coefficient (Wildman–Crippen LogP) is 2.08. The largest absolute Gasteiger partial charge is 0.353 e. The zero-order valence-corrected chi connectivity index (χ0v) is 13.3. The molecule has 1 amide bonds. The second-order valence-corrected chi connectivity index (χ2v) is 6.42. The Morgan fingerprint density at radius 1 is 1.18 bits per heavy atom. The molecule has 2 aliphatic heterocycles. The van der Waals surface area contributed by atoms with E-state index in [0.717, 1.165) is 32.5 Å². The summed E-state index contributed by atoms with van der Waals surface area (Å²) in [7, 11) is 0. The van der Waals surface area contributed by atoms with Gasteiger partial charge in [0.1, 0.15) is 0 Å². The van der Waals surface area contributed by atoms with Crippen molar-refractivity contribution >= 4 is 5.91 Å². The lowest BCUT2D eigenvalue weighted by Gasteiger charge is -2.29. The van der Waals surface area contributed by atoms with E-state index in [-0.39, 0.29) is 11.9 Å². The highest BCUT2D eigenvalue weighted by atomic mass is 16.2. The Kier molecular flexibility index (Phi) is 5.46. The van der Waals surface area contributed by atoms with Gasteiger partial charge in [-0.05, 0) is 50.9 Å². The minimum absolute atomic E-state index is 0.00347. The van der Waals surface area contributed by atoms with Crippen LogP contribution in [-0.2, 0) is 4.79 Å². The average molecular weight is 301 g/mol. The maximum absolute atomic E-state index is 12.4. The SMILES string of the molecule is O=C(NCC(c1ccccc1)N1CCCC1)[C@@H]1CCCCN1. The molecule has 2 fully saturated rings.